The summed E-state index contributed by atoms with van der Waals surface area (Å²) >= 11 is 1.77. The molecule has 1 aromatic rings. The normalized spacial score (nSPS) is 25.8. The highest BCUT2D eigenvalue weighted by Gasteiger charge is 2.27. The molecule has 1 fully saturated rings. The standard InChI is InChI=1S/C14H24N2OS/c1-15(2)9-13-10-16(7-4-14(13)17)6-3-12-5-8-18-11-12/h5,8,11,13-14,17H,3-4,6-7,9-10H2,1-2H3/t13-,14+/m0/s1. The van der Waals surface area contributed by atoms with Crippen LogP contribution in [0.2, 0.25) is 0 Å². The predicted octanol–water partition coefficient (Wildman–Crippen LogP) is 1.53. The molecule has 0 saturated carbocycles. The average Bonchev–Trinajstić information content (AvgIpc) is 2.82. The number of nitrogens with zero attached hydrogens (tertiary/aromatic N) is 2. The van der Waals surface area contributed by atoms with E-state index in [1.165, 1.54) is 5.56 Å². The zero-order chi connectivity index (χ0) is 13.0. The van der Waals surface area contributed by atoms with Crippen LogP contribution in [0.15, 0.2) is 16.8 Å². The van der Waals surface area contributed by atoms with Gasteiger partial charge in [0.25, 0.3) is 0 Å². The van der Waals surface area contributed by atoms with Crippen molar-refractivity contribution in [2.45, 2.75) is 18.9 Å². The van der Waals surface area contributed by atoms with Crippen molar-refractivity contribution in [2.75, 3.05) is 40.3 Å². The molecule has 0 amide bonds. The summed E-state index contributed by atoms with van der Waals surface area (Å²) in [5.74, 6) is 0.399. The van der Waals surface area contributed by atoms with Gasteiger partial charge in [0.2, 0.25) is 0 Å². The van der Waals surface area contributed by atoms with E-state index in [0.29, 0.717) is 5.92 Å². The van der Waals surface area contributed by atoms with Crippen LogP contribution >= 0.6 is 11.3 Å². The van der Waals surface area contributed by atoms with Crippen LogP contribution in [0, 0.1) is 5.92 Å². The fraction of sp³-hybridized carbons (Fsp3) is 0.714. The summed E-state index contributed by atoms with van der Waals surface area (Å²) in [6, 6.07) is 2.21. The summed E-state index contributed by atoms with van der Waals surface area (Å²) in [6.07, 6.45) is 1.93. The van der Waals surface area contributed by atoms with Gasteiger partial charge >= 0.3 is 0 Å². The van der Waals surface area contributed by atoms with E-state index >= 15 is 0 Å². The topological polar surface area (TPSA) is 26.7 Å². The van der Waals surface area contributed by atoms with Gasteiger partial charge in [0.15, 0.2) is 0 Å². The maximum atomic E-state index is 10.0. The maximum Gasteiger partial charge on any atom is 0.0605 e. The van der Waals surface area contributed by atoms with Crippen molar-refractivity contribution >= 4 is 11.3 Å². The molecule has 1 saturated heterocycles. The monoisotopic (exact) mass is 268 g/mol. The first kappa shape index (κ1) is 14.0. The first-order valence-electron chi connectivity index (χ1n) is 6.71. The summed E-state index contributed by atoms with van der Waals surface area (Å²) in [7, 11) is 4.16. The van der Waals surface area contributed by atoms with Crippen LogP contribution in [0.1, 0.15) is 12.0 Å². The fourth-order valence-electron chi connectivity index (χ4n) is 2.67. The first-order valence-corrected chi connectivity index (χ1v) is 7.65. The van der Waals surface area contributed by atoms with Crippen molar-refractivity contribution in [1.82, 2.24) is 9.80 Å². The van der Waals surface area contributed by atoms with Gasteiger partial charge < -0.3 is 14.9 Å². The van der Waals surface area contributed by atoms with Crippen molar-refractivity contribution in [3.05, 3.63) is 22.4 Å². The molecule has 4 heteroatoms. The first-order chi connectivity index (χ1) is 8.65. The number of likely N-dealkylation sites (tertiary alicyclic amines) is 1. The average molecular weight is 268 g/mol. The highest BCUT2D eigenvalue weighted by Crippen LogP contribution is 2.18. The van der Waals surface area contributed by atoms with Crippen LogP contribution in [0.4, 0.5) is 0 Å². The Balaban J connectivity index is 1.79. The van der Waals surface area contributed by atoms with E-state index in [-0.39, 0.29) is 6.10 Å². The largest absolute Gasteiger partial charge is 0.393 e. The van der Waals surface area contributed by atoms with Crippen LogP contribution in [0.5, 0.6) is 0 Å². The minimum atomic E-state index is -0.121. The van der Waals surface area contributed by atoms with Gasteiger partial charge in [-0.15, -0.1) is 0 Å². The van der Waals surface area contributed by atoms with E-state index in [2.05, 4.69) is 40.7 Å². The predicted molar refractivity (Wildman–Crippen MR) is 77.1 cm³/mol. The Labute approximate surface area is 114 Å². The second kappa shape index (κ2) is 6.66. The van der Waals surface area contributed by atoms with Crippen LogP contribution < -0.4 is 0 Å². The molecule has 3 nitrogen and oxygen atoms in total. The Hall–Kier alpha value is -0.420. The van der Waals surface area contributed by atoms with E-state index in [0.717, 1.165) is 39.0 Å². The van der Waals surface area contributed by atoms with Gasteiger partial charge in [-0.2, -0.15) is 11.3 Å². The van der Waals surface area contributed by atoms with E-state index in [1.807, 2.05) is 0 Å². The third kappa shape index (κ3) is 4.05. The molecular formula is C14H24N2OS. The van der Waals surface area contributed by atoms with Crippen molar-refractivity contribution in [3.8, 4) is 0 Å². The lowest BCUT2D eigenvalue weighted by atomic mass is 9.94. The molecule has 0 bridgehead atoms. The summed E-state index contributed by atoms with van der Waals surface area (Å²) in [4.78, 5) is 4.68. The second-order valence-electron chi connectivity index (χ2n) is 5.56. The third-order valence-electron chi connectivity index (χ3n) is 3.67. The number of rotatable bonds is 5. The summed E-state index contributed by atoms with van der Waals surface area (Å²) in [6.45, 7) is 4.17. The summed E-state index contributed by atoms with van der Waals surface area (Å²) in [5.41, 5.74) is 1.44. The lowest BCUT2D eigenvalue weighted by Gasteiger charge is -2.37. The highest BCUT2D eigenvalue weighted by molar-refractivity contribution is 7.07. The Morgan fingerprint density at radius 1 is 1.50 bits per heavy atom. The van der Waals surface area contributed by atoms with Gasteiger partial charge in [0.1, 0.15) is 0 Å². The molecule has 1 N–H and O–H groups in total. The van der Waals surface area contributed by atoms with Crippen LogP contribution in [-0.4, -0.2) is 61.3 Å². The van der Waals surface area contributed by atoms with E-state index < -0.39 is 0 Å². The van der Waals surface area contributed by atoms with Crippen LogP contribution in [0.3, 0.4) is 0 Å². The lowest BCUT2D eigenvalue weighted by Crippen LogP contribution is -2.47. The smallest absolute Gasteiger partial charge is 0.0605 e. The molecule has 18 heavy (non-hydrogen) atoms. The molecule has 2 heterocycles. The third-order valence-corrected chi connectivity index (χ3v) is 4.41. The summed E-state index contributed by atoms with van der Waals surface area (Å²) in [5, 5.41) is 14.4. The van der Waals surface area contributed by atoms with Gasteiger partial charge in [0.05, 0.1) is 6.10 Å². The lowest BCUT2D eigenvalue weighted by molar-refractivity contribution is 0.0163. The molecule has 102 valence electrons. The molecule has 1 aliphatic heterocycles. The van der Waals surface area contributed by atoms with Gasteiger partial charge in [-0.3, -0.25) is 0 Å². The molecule has 0 unspecified atom stereocenters. The number of hydrogen-bond acceptors (Lipinski definition) is 4. The van der Waals surface area contributed by atoms with E-state index in [9.17, 15) is 5.11 Å². The second-order valence-corrected chi connectivity index (χ2v) is 6.34. The molecule has 0 aromatic carbocycles. The SMILES string of the molecule is CN(C)C[C@H]1CN(CCc2ccsc2)CC[C@H]1O. The number of hydrogen-bond donors (Lipinski definition) is 1. The van der Waals surface area contributed by atoms with Gasteiger partial charge in [-0.1, -0.05) is 0 Å². The minimum absolute atomic E-state index is 0.121. The molecule has 1 aromatic heterocycles. The minimum Gasteiger partial charge on any atom is -0.393 e. The van der Waals surface area contributed by atoms with Crippen LogP contribution in [0.25, 0.3) is 0 Å². The number of thiophene rings is 1. The van der Waals surface area contributed by atoms with E-state index in [1.54, 1.807) is 11.3 Å². The van der Waals surface area contributed by atoms with Crippen LogP contribution in [-0.2, 0) is 6.42 Å². The van der Waals surface area contributed by atoms with Crippen molar-refractivity contribution < 1.29 is 5.11 Å². The van der Waals surface area contributed by atoms with E-state index in [4.69, 9.17) is 0 Å². The Morgan fingerprint density at radius 3 is 3.00 bits per heavy atom. The highest BCUT2D eigenvalue weighted by atomic mass is 32.1. The van der Waals surface area contributed by atoms with Gasteiger partial charge in [-0.25, -0.2) is 0 Å². The molecule has 1 aliphatic rings. The van der Waals surface area contributed by atoms with Gasteiger partial charge in [0, 0.05) is 32.1 Å². The van der Waals surface area contributed by atoms with Gasteiger partial charge in [-0.05, 0) is 49.3 Å². The van der Waals surface area contributed by atoms with Crippen molar-refractivity contribution in [3.63, 3.8) is 0 Å². The molecule has 0 aliphatic carbocycles. The Kier molecular flexibility index (Phi) is 5.18. The number of aliphatic hydroxyl groups excluding tert-OH is 1. The molecule has 0 spiro atoms. The zero-order valence-electron chi connectivity index (χ0n) is 11.4. The fourth-order valence-corrected chi connectivity index (χ4v) is 3.37. The van der Waals surface area contributed by atoms with Crippen molar-refractivity contribution in [1.29, 1.82) is 0 Å². The molecule has 2 rings (SSSR count). The quantitative estimate of drug-likeness (QED) is 0.877. The zero-order valence-corrected chi connectivity index (χ0v) is 12.2. The number of aliphatic hydroxyl groups is 1. The summed E-state index contributed by atoms with van der Waals surface area (Å²) < 4.78 is 0. The Morgan fingerprint density at radius 2 is 2.33 bits per heavy atom. The van der Waals surface area contributed by atoms with Crippen molar-refractivity contribution in [2.24, 2.45) is 5.92 Å². The molecule has 0 radical (unpaired) electrons. The maximum absolute atomic E-state index is 10.0. The Bertz CT molecular complexity index is 340. The number of piperidine rings is 1. The molecular weight excluding hydrogens is 244 g/mol. The molecule has 2 atom stereocenters.